The van der Waals surface area contributed by atoms with Crippen molar-refractivity contribution in [3.05, 3.63) is 65.0 Å². The number of rotatable bonds is 4. The van der Waals surface area contributed by atoms with Crippen molar-refractivity contribution in [3.63, 3.8) is 0 Å². The number of primary amides is 1. The van der Waals surface area contributed by atoms with Crippen molar-refractivity contribution in [2.75, 3.05) is 11.4 Å². The number of amides is 3. The first-order valence-electron chi connectivity index (χ1n) is 10.2. The summed E-state index contributed by atoms with van der Waals surface area (Å²) < 4.78 is 53.3. The van der Waals surface area contributed by atoms with Gasteiger partial charge in [-0.05, 0) is 48.7 Å². The molecule has 2 N–H and O–H groups in total. The predicted molar refractivity (Wildman–Crippen MR) is 110 cm³/mol. The van der Waals surface area contributed by atoms with Gasteiger partial charge in [0.05, 0.1) is 22.9 Å². The van der Waals surface area contributed by atoms with Crippen LogP contribution in [0.15, 0.2) is 42.5 Å². The van der Waals surface area contributed by atoms with Crippen LogP contribution >= 0.6 is 0 Å². The SMILES string of the molecule is N#Cc1ccc(N2CC(=O)N(Cc3ccc(C(F)(F)F)cc3)[C@]3(C[C@H](C(N)=O)C3)C2=O)c(F)c1. The second kappa shape index (κ2) is 8.13. The van der Waals surface area contributed by atoms with Crippen LogP contribution in [-0.4, -0.2) is 34.7 Å². The van der Waals surface area contributed by atoms with Gasteiger partial charge in [-0.1, -0.05) is 12.1 Å². The Hall–Kier alpha value is -3.94. The van der Waals surface area contributed by atoms with E-state index in [0.29, 0.717) is 5.56 Å². The zero-order valence-electron chi connectivity index (χ0n) is 17.6. The van der Waals surface area contributed by atoms with E-state index in [4.69, 9.17) is 11.0 Å². The first-order valence-corrected chi connectivity index (χ1v) is 10.2. The molecule has 1 spiro atoms. The second-order valence-electron chi connectivity index (χ2n) is 8.38. The van der Waals surface area contributed by atoms with Gasteiger partial charge in [-0.25, -0.2) is 4.39 Å². The lowest BCUT2D eigenvalue weighted by Crippen LogP contribution is -2.73. The van der Waals surface area contributed by atoms with E-state index in [9.17, 15) is 31.9 Å². The highest BCUT2D eigenvalue weighted by atomic mass is 19.4. The van der Waals surface area contributed by atoms with Gasteiger partial charge in [-0.2, -0.15) is 18.4 Å². The standard InChI is InChI=1S/C23H18F4N4O3/c24-17-7-14(10-28)3-6-18(17)30-12-19(32)31(22(21(30)34)8-15(9-22)20(29)33)11-13-1-4-16(5-2-13)23(25,26)27/h1-7,15H,8-9,11-12H2,(H2,29,33)/t15-,22-. The Kier molecular flexibility index (Phi) is 5.55. The molecule has 1 heterocycles. The second-order valence-corrected chi connectivity index (χ2v) is 8.38. The van der Waals surface area contributed by atoms with Crippen molar-refractivity contribution in [2.45, 2.75) is 31.1 Å². The van der Waals surface area contributed by atoms with Crippen molar-refractivity contribution in [1.29, 1.82) is 5.26 Å². The molecule has 1 aliphatic carbocycles. The van der Waals surface area contributed by atoms with E-state index in [-0.39, 0.29) is 30.6 Å². The Balaban J connectivity index is 1.67. The zero-order chi connectivity index (χ0) is 24.8. The van der Waals surface area contributed by atoms with Crippen molar-refractivity contribution >= 4 is 23.4 Å². The van der Waals surface area contributed by atoms with Crippen LogP contribution in [0.2, 0.25) is 0 Å². The zero-order valence-corrected chi connectivity index (χ0v) is 17.6. The van der Waals surface area contributed by atoms with Gasteiger partial charge in [-0.3, -0.25) is 19.3 Å². The number of hydrogen-bond acceptors (Lipinski definition) is 4. The lowest BCUT2D eigenvalue weighted by Gasteiger charge is -2.56. The molecule has 1 saturated carbocycles. The predicted octanol–water partition coefficient (Wildman–Crippen LogP) is 2.73. The third kappa shape index (κ3) is 3.85. The molecule has 3 amide bonds. The van der Waals surface area contributed by atoms with Gasteiger partial charge < -0.3 is 10.6 Å². The molecule has 2 aromatic carbocycles. The van der Waals surface area contributed by atoms with Crippen LogP contribution in [0.4, 0.5) is 23.2 Å². The third-order valence-electron chi connectivity index (χ3n) is 6.31. The van der Waals surface area contributed by atoms with Crippen molar-refractivity contribution in [1.82, 2.24) is 4.90 Å². The molecule has 34 heavy (non-hydrogen) atoms. The molecule has 7 nitrogen and oxygen atoms in total. The minimum absolute atomic E-state index is 0.0353. The Morgan fingerprint density at radius 1 is 1.15 bits per heavy atom. The number of benzene rings is 2. The minimum Gasteiger partial charge on any atom is -0.369 e. The molecule has 2 fully saturated rings. The van der Waals surface area contributed by atoms with Crippen molar-refractivity contribution < 1.29 is 31.9 Å². The maximum Gasteiger partial charge on any atom is 0.416 e. The number of piperazine rings is 1. The van der Waals surface area contributed by atoms with Gasteiger partial charge in [0.25, 0.3) is 5.91 Å². The number of halogens is 4. The summed E-state index contributed by atoms with van der Waals surface area (Å²) >= 11 is 0. The van der Waals surface area contributed by atoms with E-state index in [1.807, 2.05) is 0 Å². The molecular weight excluding hydrogens is 456 g/mol. The fourth-order valence-electron chi connectivity index (χ4n) is 4.46. The van der Waals surface area contributed by atoms with E-state index in [2.05, 4.69) is 0 Å². The van der Waals surface area contributed by atoms with Crippen LogP contribution in [0.25, 0.3) is 0 Å². The van der Waals surface area contributed by atoms with E-state index in [0.717, 1.165) is 23.1 Å². The Morgan fingerprint density at radius 3 is 2.32 bits per heavy atom. The summed E-state index contributed by atoms with van der Waals surface area (Å²) in [4.78, 5) is 40.5. The van der Waals surface area contributed by atoms with Gasteiger partial charge in [0.1, 0.15) is 17.9 Å². The van der Waals surface area contributed by atoms with Gasteiger partial charge >= 0.3 is 6.18 Å². The van der Waals surface area contributed by atoms with E-state index < -0.39 is 53.3 Å². The maximum absolute atomic E-state index is 14.6. The summed E-state index contributed by atoms with van der Waals surface area (Å²) in [5.41, 5.74) is 3.22. The summed E-state index contributed by atoms with van der Waals surface area (Å²) in [6, 6.07) is 9.45. The molecule has 0 unspecified atom stereocenters. The Labute approximate surface area is 191 Å². The number of nitrogens with two attached hydrogens (primary N) is 1. The monoisotopic (exact) mass is 474 g/mol. The lowest BCUT2D eigenvalue weighted by atomic mass is 9.64. The summed E-state index contributed by atoms with van der Waals surface area (Å²) in [6.45, 7) is -0.677. The van der Waals surface area contributed by atoms with Gasteiger partial charge in [0, 0.05) is 12.5 Å². The summed E-state index contributed by atoms with van der Waals surface area (Å²) in [7, 11) is 0. The minimum atomic E-state index is -4.52. The molecule has 0 aromatic heterocycles. The molecule has 1 saturated heterocycles. The average Bonchev–Trinajstić information content (AvgIpc) is 2.74. The van der Waals surface area contributed by atoms with Crippen LogP contribution in [0.1, 0.15) is 29.5 Å². The third-order valence-corrected chi connectivity index (χ3v) is 6.31. The van der Waals surface area contributed by atoms with Gasteiger partial charge in [-0.15, -0.1) is 0 Å². The number of carbonyl (C=O) groups excluding carboxylic acids is 3. The number of hydrogen-bond donors (Lipinski definition) is 1. The van der Waals surface area contributed by atoms with Crippen LogP contribution < -0.4 is 10.6 Å². The van der Waals surface area contributed by atoms with Crippen LogP contribution in [0.5, 0.6) is 0 Å². The Morgan fingerprint density at radius 2 is 1.79 bits per heavy atom. The molecule has 0 atom stereocenters. The highest BCUT2D eigenvalue weighted by Gasteiger charge is 2.61. The fourth-order valence-corrected chi connectivity index (χ4v) is 4.46. The molecule has 0 radical (unpaired) electrons. The van der Waals surface area contributed by atoms with E-state index >= 15 is 0 Å². The molecule has 176 valence electrons. The number of carbonyl (C=O) groups is 3. The molecule has 4 rings (SSSR count). The van der Waals surface area contributed by atoms with Gasteiger partial charge in [0.2, 0.25) is 11.8 Å². The molecule has 2 aromatic rings. The first-order chi connectivity index (χ1) is 16.0. The number of nitriles is 1. The maximum atomic E-state index is 14.6. The van der Waals surface area contributed by atoms with Crippen LogP contribution in [0, 0.1) is 23.1 Å². The summed E-state index contributed by atoms with van der Waals surface area (Å²) in [5.74, 6) is -3.39. The van der Waals surface area contributed by atoms with Crippen LogP contribution in [-0.2, 0) is 27.1 Å². The van der Waals surface area contributed by atoms with Crippen molar-refractivity contribution in [3.8, 4) is 6.07 Å². The number of alkyl halides is 3. The smallest absolute Gasteiger partial charge is 0.369 e. The molecule has 0 bridgehead atoms. The number of anilines is 1. The molecule has 11 heteroatoms. The Bertz CT molecular complexity index is 1210. The summed E-state index contributed by atoms with van der Waals surface area (Å²) in [6.07, 6.45) is -4.69. The van der Waals surface area contributed by atoms with Crippen LogP contribution in [0.3, 0.4) is 0 Å². The normalized spacial score (nSPS) is 22.5. The molecule has 1 aliphatic heterocycles. The van der Waals surface area contributed by atoms with E-state index in [1.165, 1.54) is 29.2 Å². The lowest BCUT2D eigenvalue weighted by molar-refractivity contribution is -0.164. The summed E-state index contributed by atoms with van der Waals surface area (Å²) in [5, 5.41) is 8.94. The largest absolute Gasteiger partial charge is 0.416 e. The first kappa shape index (κ1) is 23.2. The van der Waals surface area contributed by atoms with E-state index in [1.54, 1.807) is 6.07 Å². The fraction of sp³-hybridized carbons (Fsp3) is 0.304. The topological polar surface area (TPSA) is 108 Å². The average molecular weight is 474 g/mol. The highest BCUT2D eigenvalue weighted by Crippen LogP contribution is 2.47. The molecular formula is C23H18F4N4O3. The van der Waals surface area contributed by atoms with Crippen molar-refractivity contribution in [2.24, 2.45) is 11.7 Å². The highest BCUT2D eigenvalue weighted by molar-refractivity contribution is 6.10. The molecule has 2 aliphatic rings. The number of nitrogens with zero attached hydrogens (tertiary/aromatic N) is 3. The van der Waals surface area contributed by atoms with Gasteiger partial charge in [0.15, 0.2) is 0 Å². The quantitative estimate of drug-likeness (QED) is 0.688.